The van der Waals surface area contributed by atoms with Gasteiger partial charge in [0.25, 0.3) is 6.01 Å². The van der Waals surface area contributed by atoms with E-state index in [-0.39, 0.29) is 12.5 Å². The summed E-state index contributed by atoms with van der Waals surface area (Å²) in [6.45, 7) is 0.0719. The molecular formula is C17H16ClN3O3. The fourth-order valence-corrected chi connectivity index (χ4v) is 2.45. The van der Waals surface area contributed by atoms with E-state index in [4.69, 9.17) is 20.8 Å². The van der Waals surface area contributed by atoms with E-state index in [2.05, 4.69) is 10.3 Å². The Kier molecular flexibility index (Phi) is 4.57. The molecule has 0 atom stereocenters. The highest BCUT2D eigenvalue weighted by Crippen LogP contribution is 2.27. The molecule has 124 valence electrons. The summed E-state index contributed by atoms with van der Waals surface area (Å²) < 4.78 is 10.8. The van der Waals surface area contributed by atoms with Crippen molar-refractivity contribution in [3.63, 3.8) is 0 Å². The molecule has 0 spiro atoms. The van der Waals surface area contributed by atoms with Crippen LogP contribution in [0.2, 0.25) is 5.02 Å². The van der Waals surface area contributed by atoms with E-state index in [0.717, 1.165) is 5.52 Å². The number of fused-ring (bicyclic) bond motifs is 1. The normalized spacial score (nSPS) is 10.6. The standard InChI is InChI=1S/C17H16ClN3O3/c1-21(17-20-12-5-3-4-6-15(12)24-17)10-16(22)19-13-9-11(18)7-8-14(13)23-2/h3-9H,10H2,1-2H3,(H,19,22). The molecule has 0 aliphatic carbocycles. The highest BCUT2D eigenvalue weighted by atomic mass is 35.5. The third-order valence-corrected chi connectivity index (χ3v) is 3.66. The number of carbonyl (C=O) groups is 1. The van der Waals surface area contributed by atoms with Gasteiger partial charge in [0, 0.05) is 12.1 Å². The third-order valence-electron chi connectivity index (χ3n) is 3.43. The van der Waals surface area contributed by atoms with Gasteiger partial charge in [0.2, 0.25) is 5.91 Å². The smallest absolute Gasteiger partial charge is 0.298 e. The first-order valence-corrected chi connectivity index (χ1v) is 7.64. The zero-order chi connectivity index (χ0) is 17.1. The van der Waals surface area contributed by atoms with Crippen LogP contribution in [0.25, 0.3) is 11.1 Å². The summed E-state index contributed by atoms with van der Waals surface area (Å²) >= 11 is 5.96. The Labute approximate surface area is 144 Å². The topological polar surface area (TPSA) is 67.6 Å². The van der Waals surface area contributed by atoms with Crippen LogP contribution in [0.3, 0.4) is 0 Å². The first-order chi connectivity index (χ1) is 11.6. The molecule has 0 saturated carbocycles. The first kappa shape index (κ1) is 16.1. The van der Waals surface area contributed by atoms with Gasteiger partial charge >= 0.3 is 0 Å². The Morgan fingerprint density at radius 1 is 1.33 bits per heavy atom. The van der Waals surface area contributed by atoms with E-state index < -0.39 is 0 Å². The zero-order valence-corrected chi connectivity index (χ0v) is 14.0. The van der Waals surface area contributed by atoms with Crippen LogP contribution in [-0.2, 0) is 4.79 Å². The van der Waals surface area contributed by atoms with Gasteiger partial charge in [0.05, 0.1) is 12.8 Å². The first-order valence-electron chi connectivity index (χ1n) is 7.27. The average Bonchev–Trinajstić information content (AvgIpc) is 2.99. The molecule has 0 aliphatic rings. The predicted molar refractivity (Wildman–Crippen MR) is 93.9 cm³/mol. The number of nitrogens with one attached hydrogen (secondary N) is 1. The molecule has 1 N–H and O–H groups in total. The van der Waals surface area contributed by atoms with Crippen molar-refractivity contribution in [2.45, 2.75) is 0 Å². The summed E-state index contributed by atoms with van der Waals surface area (Å²) in [6, 6.07) is 12.8. The molecule has 1 amide bonds. The molecule has 24 heavy (non-hydrogen) atoms. The maximum absolute atomic E-state index is 12.3. The average molecular weight is 346 g/mol. The van der Waals surface area contributed by atoms with Gasteiger partial charge in [0.15, 0.2) is 5.58 Å². The number of amides is 1. The predicted octanol–water partition coefficient (Wildman–Crippen LogP) is 3.56. The van der Waals surface area contributed by atoms with Gasteiger partial charge in [-0.15, -0.1) is 0 Å². The van der Waals surface area contributed by atoms with Crippen LogP contribution in [0.5, 0.6) is 5.75 Å². The Bertz CT molecular complexity index is 845. The van der Waals surface area contributed by atoms with Gasteiger partial charge in [-0.25, -0.2) is 0 Å². The molecule has 0 unspecified atom stereocenters. The molecule has 0 saturated heterocycles. The lowest BCUT2D eigenvalue weighted by molar-refractivity contribution is -0.115. The number of hydrogen-bond donors (Lipinski definition) is 1. The van der Waals surface area contributed by atoms with Gasteiger partial charge in [0.1, 0.15) is 17.8 Å². The Morgan fingerprint density at radius 2 is 2.12 bits per heavy atom. The number of para-hydroxylation sites is 2. The van der Waals surface area contributed by atoms with Gasteiger partial charge in [-0.1, -0.05) is 23.7 Å². The quantitative estimate of drug-likeness (QED) is 0.765. The third kappa shape index (κ3) is 3.44. The number of benzene rings is 2. The number of carbonyl (C=O) groups excluding carboxylic acids is 1. The van der Waals surface area contributed by atoms with Crippen molar-refractivity contribution in [2.24, 2.45) is 0 Å². The van der Waals surface area contributed by atoms with Gasteiger partial charge in [-0.3, -0.25) is 4.79 Å². The maximum Gasteiger partial charge on any atom is 0.298 e. The van der Waals surface area contributed by atoms with Crippen molar-refractivity contribution in [1.29, 1.82) is 0 Å². The van der Waals surface area contributed by atoms with Gasteiger partial charge < -0.3 is 19.4 Å². The molecular weight excluding hydrogens is 330 g/mol. The molecule has 0 bridgehead atoms. The maximum atomic E-state index is 12.3. The lowest BCUT2D eigenvalue weighted by Gasteiger charge is -2.15. The molecule has 3 aromatic rings. The van der Waals surface area contributed by atoms with E-state index in [0.29, 0.717) is 28.1 Å². The lowest BCUT2D eigenvalue weighted by atomic mass is 10.3. The highest BCUT2D eigenvalue weighted by molar-refractivity contribution is 6.31. The van der Waals surface area contributed by atoms with Crippen molar-refractivity contribution >= 4 is 40.3 Å². The molecule has 7 heteroatoms. The molecule has 6 nitrogen and oxygen atoms in total. The summed E-state index contributed by atoms with van der Waals surface area (Å²) in [7, 11) is 3.27. The summed E-state index contributed by atoms with van der Waals surface area (Å²) in [5.41, 5.74) is 1.94. The number of rotatable bonds is 5. The molecule has 0 fully saturated rings. The molecule has 2 aromatic carbocycles. The molecule has 3 rings (SSSR count). The monoisotopic (exact) mass is 345 g/mol. The van der Waals surface area contributed by atoms with Crippen molar-refractivity contribution in [3.05, 3.63) is 47.5 Å². The molecule has 0 radical (unpaired) electrons. The van der Waals surface area contributed by atoms with Crippen LogP contribution in [0.15, 0.2) is 46.9 Å². The van der Waals surface area contributed by atoms with Crippen LogP contribution in [-0.4, -0.2) is 31.6 Å². The van der Waals surface area contributed by atoms with Crippen molar-refractivity contribution in [3.8, 4) is 5.75 Å². The Morgan fingerprint density at radius 3 is 2.88 bits per heavy atom. The van der Waals surface area contributed by atoms with E-state index >= 15 is 0 Å². The van der Waals surface area contributed by atoms with Crippen LogP contribution in [0.4, 0.5) is 11.7 Å². The van der Waals surface area contributed by atoms with E-state index in [1.807, 2.05) is 24.3 Å². The lowest BCUT2D eigenvalue weighted by Crippen LogP contribution is -2.30. The Hall–Kier alpha value is -2.73. The second-order valence-electron chi connectivity index (χ2n) is 5.21. The minimum absolute atomic E-state index is 0.0719. The van der Waals surface area contributed by atoms with E-state index in [9.17, 15) is 4.79 Å². The van der Waals surface area contributed by atoms with Crippen molar-refractivity contribution in [2.75, 3.05) is 30.9 Å². The number of anilines is 2. The fraction of sp³-hybridized carbons (Fsp3) is 0.176. The summed E-state index contributed by atoms with van der Waals surface area (Å²) in [5, 5.41) is 3.29. The van der Waals surface area contributed by atoms with Crippen molar-refractivity contribution in [1.82, 2.24) is 4.98 Å². The number of halogens is 1. The molecule has 0 aliphatic heterocycles. The number of oxazole rings is 1. The minimum atomic E-state index is -0.236. The van der Waals surface area contributed by atoms with Crippen LogP contribution in [0, 0.1) is 0 Å². The number of methoxy groups -OCH3 is 1. The zero-order valence-electron chi connectivity index (χ0n) is 13.2. The number of ether oxygens (including phenoxy) is 1. The van der Waals surface area contributed by atoms with E-state index in [1.54, 1.807) is 30.1 Å². The van der Waals surface area contributed by atoms with Gasteiger partial charge in [-0.2, -0.15) is 4.98 Å². The summed E-state index contributed by atoms with van der Waals surface area (Å²) in [5.74, 6) is 0.303. The van der Waals surface area contributed by atoms with Crippen LogP contribution in [0.1, 0.15) is 0 Å². The number of hydrogen-bond acceptors (Lipinski definition) is 5. The SMILES string of the molecule is COc1ccc(Cl)cc1NC(=O)CN(C)c1nc2ccccc2o1. The second-order valence-corrected chi connectivity index (χ2v) is 5.65. The minimum Gasteiger partial charge on any atom is -0.495 e. The van der Waals surface area contributed by atoms with Crippen molar-refractivity contribution < 1.29 is 13.9 Å². The fourth-order valence-electron chi connectivity index (χ4n) is 2.27. The summed E-state index contributed by atoms with van der Waals surface area (Å²) in [4.78, 5) is 18.3. The second kappa shape index (κ2) is 6.80. The van der Waals surface area contributed by atoms with Gasteiger partial charge in [-0.05, 0) is 30.3 Å². The molecule has 1 heterocycles. The van der Waals surface area contributed by atoms with Crippen LogP contribution >= 0.6 is 11.6 Å². The largest absolute Gasteiger partial charge is 0.495 e. The Balaban J connectivity index is 1.71. The van der Waals surface area contributed by atoms with Crippen LogP contribution < -0.4 is 15.0 Å². The molecule has 1 aromatic heterocycles. The summed E-state index contributed by atoms with van der Waals surface area (Å²) in [6.07, 6.45) is 0. The number of nitrogens with zero attached hydrogens (tertiary/aromatic N) is 2. The number of likely N-dealkylation sites (N-methyl/N-ethyl adjacent to an activating group) is 1. The highest BCUT2D eigenvalue weighted by Gasteiger charge is 2.15. The van der Waals surface area contributed by atoms with E-state index in [1.165, 1.54) is 7.11 Å². The number of aromatic nitrogens is 1.